The van der Waals surface area contributed by atoms with Gasteiger partial charge in [-0.05, 0) is 48.0 Å². The molecule has 0 unspecified atom stereocenters. The Morgan fingerprint density at radius 2 is 1.79 bits per heavy atom. The van der Waals surface area contributed by atoms with Crippen molar-refractivity contribution >= 4 is 17.9 Å². The SMILES string of the molecule is COc1ccc(/C=C/C(=O)NNC(=O)c2cncn2-c2ccc(F)cc2)cc1. The fourth-order valence-corrected chi connectivity index (χ4v) is 2.38. The summed E-state index contributed by atoms with van der Waals surface area (Å²) in [5.74, 6) is -0.734. The Morgan fingerprint density at radius 3 is 2.46 bits per heavy atom. The van der Waals surface area contributed by atoms with E-state index in [2.05, 4.69) is 15.8 Å². The summed E-state index contributed by atoms with van der Waals surface area (Å²) in [5.41, 5.74) is 6.17. The Kier molecular flexibility index (Phi) is 5.81. The van der Waals surface area contributed by atoms with E-state index < -0.39 is 11.8 Å². The summed E-state index contributed by atoms with van der Waals surface area (Å²) in [6.45, 7) is 0. The van der Waals surface area contributed by atoms with Gasteiger partial charge >= 0.3 is 0 Å². The van der Waals surface area contributed by atoms with Gasteiger partial charge in [0.15, 0.2) is 0 Å². The van der Waals surface area contributed by atoms with Gasteiger partial charge in [-0.15, -0.1) is 0 Å². The highest BCUT2D eigenvalue weighted by Crippen LogP contribution is 2.13. The molecule has 0 saturated heterocycles. The molecular weight excluding hydrogens is 363 g/mol. The van der Waals surface area contributed by atoms with E-state index in [4.69, 9.17) is 4.74 Å². The molecular formula is C20H17FN4O3. The summed E-state index contributed by atoms with van der Waals surface area (Å²) in [5, 5.41) is 0. The van der Waals surface area contributed by atoms with Crippen LogP contribution < -0.4 is 15.6 Å². The zero-order valence-corrected chi connectivity index (χ0v) is 14.9. The van der Waals surface area contributed by atoms with E-state index in [9.17, 15) is 14.0 Å². The highest BCUT2D eigenvalue weighted by Gasteiger charge is 2.13. The summed E-state index contributed by atoms with van der Waals surface area (Å²) < 4.78 is 19.6. The van der Waals surface area contributed by atoms with Crippen LogP contribution >= 0.6 is 0 Å². The standard InChI is InChI=1S/C20H17FN4O3/c1-28-17-9-2-14(3-10-17)4-11-19(26)23-24-20(27)18-12-22-13-25(18)16-7-5-15(21)6-8-16/h2-13H,1H3,(H,23,26)(H,24,27)/b11-4+. The Bertz CT molecular complexity index is 995. The first kappa shape index (κ1) is 18.8. The van der Waals surface area contributed by atoms with Gasteiger partial charge in [0.05, 0.1) is 19.6 Å². The number of nitrogens with zero attached hydrogens (tertiary/aromatic N) is 2. The third-order valence-electron chi connectivity index (χ3n) is 3.82. The minimum Gasteiger partial charge on any atom is -0.497 e. The molecule has 0 radical (unpaired) electrons. The van der Waals surface area contributed by atoms with Gasteiger partial charge in [0.25, 0.3) is 11.8 Å². The molecule has 0 fully saturated rings. The lowest BCUT2D eigenvalue weighted by atomic mass is 10.2. The number of imidazole rings is 1. The molecule has 142 valence electrons. The molecule has 28 heavy (non-hydrogen) atoms. The average Bonchev–Trinajstić information content (AvgIpc) is 3.21. The van der Waals surface area contributed by atoms with E-state index >= 15 is 0 Å². The first-order valence-electron chi connectivity index (χ1n) is 8.27. The predicted molar refractivity (Wildman–Crippen MR) is 101 cm³/mol. The topological polar surface area (TPSA) is 85.2 Å². The average molecular weight is 380 g/mol. The summed E-state index contributed by atoms with van der Waals surface area (Å²) in [7, 11) is 1.57. The fraction of sp³-hybridized carbons (Fsp3) is 0.0500. The smallest absolute Gasteiger partial charge is 0.288 e. The van der Waals surface area contributed by atoms with E-state index in [0.717, 1.165) is 5.56 Å². The monoisotopic (exact) mass is 380 g/mol. The maximum absolute atomic E-state index is 13.1. The van der Waals surface area contributed by atoms with Crippen molar-refractivity contribution in [2.24, 2.45) is 0 Å². The number of halogens is 1. The molecule has 3 rings (SSSR count). The molecule has 2 aromatic carbocycles. The Hall–Kier alpha value is -3.94. The van der Waals surface area contributed by atoms with Gasteiger partial charge in [-0.25, -0.2) is 9.37 Å². The van der Waals surface area contributed by atoms with Crippen LogP contribution in [-0.4, -0.2) is 28.5 Å². The number of amides is 2. The molecule has 0 saturated carbocycles. The maximum atomic E-state index is 13.1. The van der Waals surface area contributed by atoms with Gasteiger partial charge in [0.1, 0.15) is 17.3 Å². The van der Waals surface area contributed by atoms with Crippen LogP contribution in [0.2, 0.25) is 0 Å². The van der Waals surface area contributed by atoms with Crippen LogP contribution in [0.3, 0.4) is 0 Å². The largest absolute Gasteiger partial charge is 0.497 e. The molecule has 3 aromatic rings. The number of hydrogen-bond donors (Lipinski definition) is 2. The Labute approximate surface area is 160 Å². The number of hydrazine groups is 1. The van der Waals surface area contributed by atoms with Gasteiger partial charge in [-0.2, -0.15) is 0 Å². The maximum Gasteiger partial charge on any atom is 0.288 e. The number of rotatable bonds is 5. The molecule has 2 amide bonds. The molecule has 0 bridgehead atoms. The lowest BCUT2D eigenvalue weighted by Gasteiger charge is -2.09. The predicted octanol–water partition coefficient (Wildman–Crippen LogP) is 2.49. The molecule has 1 heterocycles. The van der Waals surface area contributed by atoms with Gasteiger partial charge in [-0.1, -0.05) is 12.1 Å². The Balaban J connectivity index is 1.59. The lowest BCUT2D eigenvalue weighted by Crippen LogP contribution is -2.41. The van der Waals surface area contributed by atoms with Crippen molar-refractivity contribution in [2.45, 2.75) is 0 Å². The molecule has 0 atom stereocenters. The Morgan fingerprint density at radius 1 is 1.07 bits per heavy atom. The van der Waals surface area contributed by atoms with Crippen molar-refractivity contribution in [3.8, 4) is 11.4 Å². The van der Waals surface area contributed by atoms with Crippen molar-refractivity contribution in [3.05, 3.63) is 84.2 Å². The van der Waals surface area contributed by atoms with E-state index in [1.54, 1.807) is 37.5 Å². The van der Waals surface area contributed by atoms with Crippen molar-refractivity contribution in [1.82, 2.24) is 20.4 Å². The van der Waals surface area contributed by atoms with Gasteiger partial charge in [-0.3, -0.25) is 25.0 Å². The van der Waals surface area contributed by atoms with Crippen molar-refractivity contribution in [3.63, 3.8) is 0 Å². The fourth-order valence-electron chi connectivity index (χ4n) is 2.38. The first-order chi connectivity index (χ1) is 13.6. The van der Waals surface area contributed by atoms with E-state index in [1.807, 2.05) is 0 Å². The molecule has 0 aliphatic rings. The molecule has 0 aliphatic carbocycles. The van der Waals surface area contributed by atoms with Crippen molar-refractivity contribution in [1.29, 1.82) is 0 Å². The molecule has 8 heteroatoms. The number of nitrogens with one attached hydrogen (secondary N) is 2. The van der Waals surface area contributed by atoms with Crippen LogP contribution in [0.5, 0.6) is 5.75 Å². The quantitative estimate of drug-likeness (QED) is 0.526. The second-order valence-corrected chi connectivity index (χ2v) is 5.68. The lowest BCUT2D eigenvalue weighted by molar-refractivity contribution is -0.117. The minimum atomic E-state index is -0.562. The van der Waals surface area contributed by atoms with Crippen molar-refractivity contribution < 1.29 is 18.7 Å². The van der Waals surface area contributed by atoms with Crippen LogP contribution in [-0.2, 0) is 4.79 Å². The summed E-state index contributed by atoms with van der Waals surface area (Å²) >= 11 is 0. The van der Waals surface area contributed by atoms with Crippen LogP contribution in [0.1, 0.15) is 16.1 Å². The van der Waals surface area contributed by atoms with Gasteiger partial charge < -0.3 is 4.74 Å². The number of methoxy groups -OCH3 is 1. The van der Waals surface area contributed by atoms with Crippen LogP contribution in [0.15, 0.2) is 67.1 Å². The summed E-state index contributed by atoms with van der Waals surface area (Å²) in [6.07, 6.45) is 5.66. The first-order valence-corrected chi connectivity index (χ1v) is 8.27. The zero-order valence-electron chi connectivity index (χ0n) is 14.9. The molecule has 7 nitrogen and oxygen atoms in total. The third-order valence-corrected chi connectivity index (χ3v) is 3.82. The van der Waals surface area contributed by atoms with E-state index in [1.165, 1.54) is 47.4 Å². The van der Waals surface area contributed by atoms with Gasteiger partial charge in [0, 0.05) is 11.8 Å². The number of carbonyl (C=O) groups is 2. The summed E-state index contributed by atoms with van der Waals surface area (Å²) in [4.78, 5) is 28.2. The number of aromatic nitrogens is 2. The van der Waals surface area contributed by atoms with E-state index in [-0.39, 0.29) is 11.5 Å². The number of ether oxygens (including phenoxy) is 1. The molecule has 1 aromatic heterocycles. The normalized spacial score (nSPS) is 10.6. The third kappa shape index (κ3) is 4.61. The number of hydrogen-bond acceptors (Lipinski definition) is 4. The highest BCUT2D eigenvalue weighted by molar-refractivity contribution is 5.97. The van der Waals surface area contributed by atoms with E-state index in [0.29, 0.717) is 11.4 Å². The minimum absolute atomic E-state index is 0.186. The highest BCUT2D eigenvalue weighted by atomic mass is 19.1. The van der Waals surface area contributed by atoms with Crippen LogP contribution in [0.4, 0.5) is 4.39 Å². The van der Waals surface area contributed by atoms with Crippen LogP contribution in [0, 0.1) is 5.82 Å². The second kappa shape index (κ2) is 8.63. The second-order valence-electron chi connectivity index (χ2n) is 5.68. The zero-order chi connectivity index (χ0) is 19.9. The number of benzene rings is 2. The van der Waals surface area contributed by atoms with Gasteiger partial charge in [0.2, 0.25) is 0 Å². The molecule has 0 spiro atoms. The molecule has 2 N–H and O–H groups in total. The van der Waals surface area contributed by atoms with Crippen molar-refractivity contribution in [2.75, 3.05) is 7.11 Å². The number of carbonyl (C=O) groups excluding carboxylic acids is 2. The summed E-state index contributed by atoms with van der Waals surface area (Å²) in [6, 6.07) is 12.7. The molecule has 0 aliphatic heterocycles. The van der Waals surface area contributed by atoms with Crippen LogP contribution in [0.25, 0.3) is 11.8 Å².